The maximum atomic E-state index is 6.66. The van der Waals surface area contributed by atoms with Crippen molar-refractivity contribution in [3.8, 4) is 56.4 Å². The molecule has 0 saturated heterocycles. The van der Waals surface area contributed by atoms with Crippen LogP contribution in [0.4, 0.5) is 0 Å². The molecule has 3 heterocycles. The van der Waals surface area contributed by atoms with E-state index in [1.165, 1.54) is 44.5 Å². The molecule has 0 N–H and O–H groups in total. The first-order chi connectivity index (χ1) is 27.2. The molecule has 2 aliphatic rings. The lowest BCUT2D eigenvalue weighted by Gasteiger charge is -2.21. The van der Waals surface area contributed by atoms with E-state index in [2.05, 4.69) is 143 Å². The van der Waals surface area contributed by atoms with Gasteiger partial charge in [0.1, 0.15) is 22.3 Å². The third-order valence-corrected chi connectivity index (χ3v) is 12.6. The van der Waals surface area contributed by atoms with Crippen LogP contribution in [-0.2, 0) is 10.8 Å². The van der Waals surface area contributed by atoms with Gasteiger partial charge in [-0.15, -0.1) is 0 Å². The third-order valence-electron chi connectivity index (χ3n) is 12.6. The number of benzene rings is 7. The molecule has 5 nitrogen and oxygen atoms in total. The molecule has 266 valence electrons. The van der Waals surface area contributed by atoms with Crippen LogP contribution in [0.2, 0.25) is 0 Å². The molecular weight excluding hydrogens is 687 g/mol. The fourth-order valence-electron chi connectivity index (χ4n) is 9.63. The molecule has 0 saturated carbocycles. The zero-order valence-electron chi connectivity index (χ0n) is 31.4. The second-order valence-electron chi connectivity index (χ2n) is 16.4. The van der Waals surface area contributed by atoms with E-state index < -0.39 is 0 Å². The molecule has 0 radical (unpaired) electrons. The fourth-order valence-corrected chi connectivity index (χ4v) is 9.63. The lowest BCUT2D eigenvalue weighted by Crippen LogP contribution is -2.15. The Morgan fingerprint density at radius 1 is 0.357 bits per heavy atom. The van der Waals surface area contributed by atoms with E-state index in [-0.39, 0.29) is 10.8 Å². The van der Waals surface area contributed by atoms with Crippen LogP contribution >= 0.6 is 0 Å². The van der Waals surface area contributed by atoms with E-state index in [1.54, 1.807) is 0 Å². The van der Waals surface area contributed by atoms with E-state index in [9.17, 15) is 0 Å². The molecule has 0 unspecified atom stereocenters. The van der Waals surface area contributed by atoms with Crippen LogP contribution in [0.15, 0.2) is 148 Å². The van der Waals surface area contributed by atoms with Gasteiger partial charge in [0.2, 0.25) is 0 Å². The van der Waals surface area contributed by atoms with Gasteiger partial charge in [-0.3, -0.25) is 0 Å². The molecule has 56 heavy (non-hydrogen) atoms. The maximum Gasteiger partial charge on any atom is 0.167 e. The van der Waals surface area contributed by atoms with Gasteiger partial charge in [-0.05, 0) is 87.0 Å². The Morgan fingerprint density at radius 3 is 1.70 bits per heavy atom. The number of furan rings is 2. The standard InChI is InChI=1S/C51H35N3O2/c1-50(2)39-17-8-5-12-30(39)32-22-20-28(24-41(32)50)47-52-48(54-49(53-47)36-16-11-15-35-33-14-7-10-19-43(33)56-46(35)36)29-21-23-34-38-26-42-37(27-45(38)55-44(34)25-29)31-13-6-9-18-40(31)51(42,3)4/h5-27H,1-4H3. The summed E-state index contributed by atoms with van der Waals surface area (Å²) >= 11 is 0. The number of fused-ring (bicyclic) bond motifs is 12. The normalized spacial score (nSPS) is 14.7. The minimum absolute atomic E-state index is 0.0976. The van der Waals surface area contributed by atoms with Gasteiger partial charge < -0.3 is 8.83 Å². The summed E-state index contributed by atoms with van der Waals surface area (Å²) in [7, 11) is 0. The van der Waals surface area contributed by atoms with Gasteiger partial charge in [0.15, 0.2) is 17.5 Å². The Hall–Kier alpha value is -6.85. The van der Waals surface area contributed by atoms with Gasteiger partial charge in [-0.2, -0.15) is 0 Å². The van der Waals surface area contributed by atoms with Gasteiger partial charge in [0, 0.05) is 43.5 Å². The zero-order chi connectivity index (χ0) is 37.5. The summed E-state index contributed by atoms with van der Waals surface area (Å²) < 4.78 is 13.2. The molecule has 0 amide bonds. The fraction of sp³-hybridized carbons (Fsp3) is 0.118. The number of hydrogen-bond acceptors (Lipinski definition) is 5. The van der Waals surface area contributed by atoms with Crippen molar-refractivity contribution in [2.75, 3.05) is 0 Å². The summed E-state index contributed by atoms with van der Waals surface area (Å²) in [4.78, 5) is 15.6. The summed E-state index contributed by atoms with van der Waals surface area (Å²) in [5.74, 6) is 1.73. The highest BCUT2D eigenvalue weighted by Gasteiger charge is 2.37. The molecule has 0 bridgehead atoms. The first-order valence-corrected chi connectivity index (χ1v) is 19.3. The maximum absolute atomic E-state index is 6.66. The number of para-hydroxylation sites is 2. The number of aromatic nitrogens is 3. The molecule has 7 aromatic carbocycles. The summed E-state index contributed by atoms with van der Waals surface area (Å²) in [5.41, 5.74) is 15.9. The average Bonchev–Trinajstić information content (AvgIpc) is 3.92. The van der Waals surface area contributed by atoms with Crippen molar-refractivity contribution in [3.63, 3.8) is 0 Å². The molecule has 0 spiro atoms. The molecule has 0 atom stereocenters. The topological polar surface area (TPSA) is 65.0 Å². The first kappa shape index (κ1) is 31.5. The minimum Gasteiger partial charge on any atom is -0.456 e. The van der Waals surface area contributed by atoms with Gasteiger partial charge in [0.25, 0.3) is 0 Å². The number of rotatable bonds is 3. The summed E-state index contributed by atoms with van der Waals surface area (Å²) in [6, 6.07) is 49.3. The highest BCUT2D eigenvalue weighted by Crippen LogP contribution is 2.52. The lowest BCUT2D eigenvalue weighted by molar-refractivity contribution is 0.657. The molecule has 0 fully saturated rings. The molecule has 5 heteroatoms. The molecule has 2 aliphatic carbocycles. The highest BCUT2D eigenvalue weighted by molar-refractivity contribution is 6.10. The Balaban J connectivity index is 1.05. The Labute approximate surface area is 323 Å². The lowest BCUT2D eigenvalue weighted by atomic mass is 9.82. The van der Waals surface area contributed by atoms with Crippen molar-refractivity contribution < 1.29 is 8.83 Å². The van der Waals surface area contributed by atoms with Crippen LogP contribution in [0.3, 0.4) is 0 Å². The van der Waals surface area contributed by atoms with E-state index in [0.29, 0.717) is 17.5 Å². The molecule has 0 aliphatic heterocycles. The SMILES string of the molecule is CC1(C)c2ccccc2-c2ccc(-c3nc(-c4ccc5c(c4)oc4cc6c(cc45)C(C)(C)c4ccccc4-6)nc(-c4cccc5c4oc4ccccc45)n3)cc21. The Kier molecular flexibility index (Phi) is 6.12. The predicted molar refractivity (Wildman–Crippen MR) is 226 cm³/mol. The molecule has 10 aromatic rings. The second-order valence-corrected chi connectivity index (χ2v) is 16.4. The zero-order valence-corrected chi connectivity index (χ0v) is 31.4. The van der Waals surface area contributed by atoms with Crippen LogP contribution in [0, 0.1) is 0 Å². The summed E-state index contributed by atoms with van der Waals surface area (Å²) in [6.45, 7) is 9.22. The Morgan fingerprint density at radius 2 is 0.911 bits per heavy atom. The summed E-state index contributed by atoms with van der Waals surface area (Å²) in [5, 5.41) is 4.27. The van der Waals surface area contributed by atoms with Crippen LogP contribution in [0.25, 0.3) is 100 Å². The second kappa shape index (κ2) is 10.9. The molecular formula is C51H35N3O2. The van der Waals surface area contributed by atoms with E-state index >= 15 is 0 Å². The van der Waals surface area contributed by atoms with Crippen molar-refractivity contribution in [2.24, 2.45) is 0 Å². The largest absolute Gasteiger partial charge is 0.456 e. The molecule has 3 aromatic heterocycles. The smallest absolute Gasteiger partial charge is 0.167 e. The molecule has 12 rings (SSSR count). The van der Waals surface area contributed by atoms with Gasteiger partial charge >= 0.3 is 0 Å². The van der Waals surface area contributed by atoms with Crippen molar-refractivity contribution in [2.45, 2.75) is 38.5 Å². The van der Waals surface area contributed by atoms with Crippen LogP contribution in [0.1, 0.15) is 49.9 Å². The number of hydrogen-bond donors (Lipinski definition) is 0. The van der Waals surface area contributed by atoms with Crippen LogP contribution < -0.4 is 0 Å². The van der Waals surface area contributed by atoms with Gasteiger partial charge in [-0.25, -0.2) is 15.0 Å². The third kappa shape index (κ3) is 4.23. The van der Waals surface area contributed by atoms with E-state index in [0.717, 1.165) is 60.6 Å². The first-order valence-electron chi connectivity index (χ1n) is 19.3. The Bertz CT molecular complexity index is 3330. The van der Waals surface area contributed by atoms with Crippen molar-refractivity contribution in [1.82, 2.24) is 15.0 Å². The quantitative estimate of drug-likeness (QED) is 0.182. The van der Waals surface area contributed by atoms with E-state index in [4.69, 9.17) is 23.8 Å². The van der Waals surface area contributed by atoms with Crippen molar-refractivity contribution in [3.05, 3.63) is 162 Å². The highest BCUT2D eigenvalue weighted by atomic mass is 16.3. The van der Waals surface area contributed by atoms with Crippen molar-refractivity contribution in [1.29, 1.82) is 0 Å². The van der Waals surface area contributed by atoms with Gasteiger partial charge in [-0.1, -0.05) is 125 Å². The van der Waals surface area contributed by atoms with Crippen LogP contribution in [-0.4, -0.2) is 15.0 Å². The monoisotopic (exact) mass is 721 g/mol. The average molecular weight is 722 g/mol. The number of nitrogens with zero attached hydrogens (tertiary/aromatic N) is 3. The summed E-state index contributed by atoms with van der Waals surface area (Å²) in [6.07, 6.45) is 0. The van der Waals surface area contributed by atoms with Crippen LogP contribution in [0.5, 0.6) is 0 Å². The minimum atomic E-state index is -0.162. The van der Waals surface area contributed by atoms with Crippen molar-refractivity contribution >= 4 is 43.9 Å². The van der Waals surface area contributed by atoms with E-state index in [1.807, 2.05) is 24.3 Å². The predicted octanol–water partition coefficient (Wildman–Crippen LogP) is 13.3. The van der Waals surface area contributed by atoms with Gasteiger partial charge in [0.05, 0.1) is 5.56 Å².